The highest BCUT2D eigenvalue weighted by molar-refractivity contribution is 6.09. The summed E-state index contributed by atoms with van der Waals surface area (Å²) in [5.41, 5.74) is 11.7. The molecule has 46 heavy (non-hydrogen) atoms. The first-order valence-corrected chi connectivity index (χ1v) is 15.5. The van der Waals surface area contributed by atoms with Crippen LogP contribution in [0.5, 0.6) is 0 Å². The van der Waals surface area contributed by atoms with Crippen molar-refractivity contribution < 1.29 is 13.3 Å². The van der Waals surface area contributed by atoms with Crippen molar-refractivity contribution in [3.8, 4) is 33.4 Å². The van der Waals surface area contributed by atoms with Crippen molar-refractivity contribution in [3.05, 3.63) is 127 Å². The summed E-state index contributed by atoms with van der Waals surface area (Å²) < 4.78 is 18.1. The van der Waals surface area contributed by atoms with Gasteiger partial charge < -0.3 is 18.7 Å². The highest BCUT2D eigenvalue weighted by atomic mass is 16.3. The number of nitrogens with zero attached hydrogens (tertiary/aromatic N) is 1. The molecule has 4 heterocycles. The van der Waals surface area contributed by atoms with Gasteiger partial charge in [0.1, 0.15) is 33.7 Å². The van der Waals surface area contributed by atoms with E-state index in [4.69, 9.17) is 18.7 Å². The third-order valence-corrected chi connectivity index (χ3v) is 8.66. The highest BCUT2D eigenvalue weighted by Gasteiger charge is 2.14. The summed E-state index contributed by atoms with van der Waals surface area (Å²) in [6.45, 7) is 5.90. The van der Waals surface area contributed by atoms with E-state index in [0.717, 1.165) is 99.6 Å². The molecule has 0 radical (unpaired) electrons. The van der Waals surface area contributed by atoms with Crippen molar-refractivity contribution in [2.24, 2.45) is 0 Å². The number of aromatic nitrogens is 1. The lowest BCUT2D eigenvalue weighted by Crippen LogP contribution is -1.83. The molecule has 0 aliphatic heterocycles. The van der Waals surface area contributed by atoms with E-state index in [1.807, 2.05) is 45.2 Å². The first kappa shape index (κ1) is 27.6. The zero-order chi connectivity index (χ0) is 31.4. The summed E-state index contributed by atoms with van der Waals surface area (Å²) in [6.07, 6.45) is 4.98. The Morgan fingerprint density at radius 2 is 0.935 bits per heavy atom. The van der Waals surface area contributed by atoms with Gasteiger partial charge in [-0.2, -0.15) is 0 Å². The quantitative estimate of drug-likeness (QED) is 0.204. The molecule has 9 rings (SSSR count). The first-order chi connectivity index (χ1) is 22.6. The van der Waals surface area contributed by atoms with Gasteiger partial charge in [0, 0.05) is 51.1 Å². The number of furan rings is 3. The van der Waals surface area contributed by atoms with E-state index in [9.17, 15) is 0 Å². The van der Waals surface area contributed by atoms with Gasteiger partial charge in [-0.25, -0.2) is 0 Å². The van der Waals surface area contributed by atoms with Gasteiger partial charge in [0.2, 0.25) is 0 Å². The zero-order valence-corrected chi connectivity index (χ0v) is 25.7. The monoisotopic (exact) mass is 598 g/mol. The van der Waals surface area contributed by atoms with Crippen LogP contribution in [-0.2, 0) is 0 Å². The number of fused-ring (bicyclic) bond motifs is 7. The second kappa shape index (κ2) is 10.9. The molecule has 5 heteroatoms. The molecule has 222 valence electrons. The van der Waals surface area contributed by atoms with E-state index in [1.165, 1.54) is 6.21 Å². The SMILES string of the molecule is CC.Cc1oc2ccc(-c3cccc(-c4ccc5oc6ccc(-c7ccc8oc9ccncc9c8c7)cc6c5c4)c3)cc2c1C=N. The fraction of sp³-hybridized carbons (Fsp3) is 0.0732. The first-order valence-electron chi connectivity index (χ1n) is 15.5. The topological polar surface area (TPSA) is 76.2 Å². The van der Waals surface area contributed by atoms with Crippen LogP contribution < -0.4 is 0 Å². The molecular weight excluding hydrogens is 568 g/mol. The molecular formula is C41H30N2O3. The van der Waals surface area contributed by atoms with Gasteiger partial charge in [-0.3, -0.25) is 4.98 Å². The fourth-order valence-electron chi connectivity index (χ4n) is 6.41. The molecule has 0 aliphatic carbocycles. The summed E-state index contributed by atoms with van der Waals surface area (Å²) in [5.74, 6) is 0.762. The molecule has 0 aliphatic rings. The van der Waals surface area contributed by atoms with Crippen LogP contribution in [0.2, 0.25) is 0 Å². The van der Waals surface area contributed by atoms with Crippen LogP contribution in [0.25, 0.3) is 88.2 Å². The minimum Gasteiger partial charge on any atom is -0.461 e. The molecule has 0 atom stereocenters. The van der Waals surface area contributed by atoms with Crippen LogP contribution in [0.15, 0.2) is 129 Å². The molecule has 0 saturated carbocycles. The normalized spacial score (nSPS) is 11.5. The van der Waals surface area contributed by atoms with Crippen molar-refractivity contribution in [1.82, 2.24) is 4.98 Å². The number of hydrogen-bond acceptors (Lipinski definition) is 5. The standard InChI is InChI=1S/C39H24N2O3.C2H6/c1-22-33(20-40)31-18-26(5-9-35(31)42-22)24-4-2-3-23(15-24)25-6-10-36-29(16-25)30-17-27(7-11-37(30)43-36)28-8-12-38-32(19-28)34-21-41-14-13-39(34)44-38;1-2/h2-21,40H,1H3;1-2H3. The Hall–Kier alpha value is -5.94. The molecule has 1 N–H and O–H groups in total. The molecule has 0 spiro atoms. The Bertz CT molecular complexity index is 2600. The van der Waals surface area contributed by atoms with E-state index in [1.54, 1.807) is 6.20 Å². The second-order valence-electron chi connectivity index (χ2n) is 11.2. The Labute approximate surface area is 265 Å². The van der Waals surface area contributed by atoms with Gasteiger partial charge in [0.05, 0.1) is 0 Å². The predicted octanol–water partition coefficient (Wildman–Crippen LogP) is 12.0. The molecule has 0 amide bonds. The van der Waals surface area contributed by atoms with E-state index in [2.05, 4.69) is 89.9 Å². The van der Waals surface area contributed by atoms with Crippen LogP contribution in [0.1, 0.15) is 25.2 Å². The zero-order valence-electron chi connectivity index (χ0n) is 25.7. The molecule has 5 nitrogen and oxygen atoms in total. The van der Waals surface area contributed by atoms with Crippen molar-refractivity contribution in [3.63, 3.8) is 0 Å². The van der Waals surface area contributed by atoms with Gasteiger partial charge >= 0.3 is 0 Å². The Morgan fingerprint density at radius 3 is 1.46 bits per heavy atom. The van der Waals surface area contributed by atoms with Crippen molar-refractivity contribution in [1.29, 1.82) is 5.41 Å². The molecule has 0 bridgehead atoms. The van der Waals surface area contributed by atoms with Gasteiger partial charge in [-0.05, 0) is 101 Å². The van der Waals surface area contributed by atoms with Crippen LogP contribution in [0, 0.1) is 12.3 Å². The minimum atomic E-state index is 0.762. The molecule has 0 saturated heterocycles. The lowest BCUT2D eigenvalue weighted by molar-refractivity contribution is 0.578. The second-order valence-corrected chi connectivity index (χ2v) is 11.2. The van der Waals surface area contributed by atoms with Crippen molar-refractivity contribution in [2.45, 2.75) is 20.8 Å². The van der Waals surface area contributed by atoms with E-state index in [0.29, 0.717) is 0 Å². The number of pyridine rings is 1. The van der Waals surface area contributed by atoms with Crippen LogP contribution in [0.3, 0.4) is 0 Å². The third-order valence-electron chi connectivity index (χ3n) is 8.66. The molecule has 0 unspecified atom stereocenters. The summed E-state index contributed by atoms with van der Waals surface area (Å²) >= 11 is 0. The number of benzene rings is 5. The van der Waals surface area contributed by atoms with Crippen LogP contribution in [-0.4, -0.2) is 11.2 Å². The molecule has 5 aromatic carbocycles. The van der Waals surface area contributed by atoms with Crippen LogP contribution >= 0.6 is 0 Å². The van der Waals surface area contributed by atoms with Gasteiger partial charge in [0.25, 0.3) is 0 Å². The maximum absolute atomic E-state index is 7.83. The van der Waals surface area contributed by atoms with Crippen molar-refractivity contribution in [2.75, 3.05) is 0 Å². The maximum Gasteiger partial charge on any atom is 0.138 e. The third kappa shape index (κ3) is 4.39. The maximum atomic E-state index is 7.83. The summed E-state index contributed by atoms with van der Waals surface area (Å²) in [4.78, 5) is 4.30. The molecule has 4 aromatic heterocycles. The smallest absolute Gasteiger partial charge is 0.138 e. The average Bonchev–Trinajstić information content (AvgIpc) is 3.77. The van der Waals surface area contributed by atoms with Gasteiger partial charge in [-0.1, -0.05) is 56.3 Å². The number of aryl methyl sites for hydroxylation is 1. The van der Waals surface area contributed by atoms with E-state index in [-0.39, 0.29) is 0 Å². The van der Waals surface area contributed by atoms with E-state index >= 15 is 0 Å². The molecule has 0 fully saturated rings. The van der Waals surface area contributed by atoms with Gasteiger partial charge in [-0.15, -0.1) is 0 Å². The van der Waals surface area contributed by atoms with Gasteiger partial charge in [0.15, 0.2) is 0 Å². The molecule has 9 aromatic rings. The number of rotatable bonds is 4. The predicted molar refractivity (Wildman–Crippen MR) is 189 cm³/mol. The van der Waals surface area contributed by atoms with Crippen LogP contribution in [0.4, 0.5) is 0 Å². The number of nitrogens with one attached hydrogen (secondary N) is 1. The summed E-state index contributed by atoms with van der Waals surface area (Å²) in [7, 11) is 0. The largest absolute Gasteiger partial charge is 0.461 e. The minimum absolute atomic E-state index is 0.762. The highest BCUT2D eigenvalue weighted by Crippen LogP contribution is 2.38. The Balaban J connectivity index is 0.00000153. The number of hydrogen-bond donors (Lipinski definition) is 1. The summed E-state index contributed by atoms with van der Waals surface area (Å²) in [5, 5.41) is 13.0. The van der Waals surface area contributed by atoms with Crippen molar-refractivity contribution >= 4 is 61.1 Å². The Kier molecular flexibility index (Phi) is 6.54. The lowest BCUT2D eigenvalue weighted by atomic mass is 9.96. The average molecular weight is 599 g/mol. The van der Waals surface area contributed by atoms with E-state index < -0.39 is 0 Å². The summed E-state index contributed by atoms with van der Waals surface area (Å²) in [6, 6.07) is 35.7. The Morgan fingerprint density at radius 1 is 0.500 bits per heavy atom. The fourth-order valence-corrected chi connectivity index (χ4v) is 6.41. The lowest BCUT2D eigenvalue weighted by Gasteiger charge is -2.07.